The summed E-state index contributed by atoms with van der Waals surface area (Å²) in [4.78, 5) is 12.5. The lowest BCUT2D eigenvalue weighted by Crippen LogP contribution is -2.02. The summed E-state index contributed by atoms with van der Waals surface area (Å²) in [6.07, 6.45) is 3.98. The molecule has 0 bridgehead atoms. The van der Waals surface area contributed by atoms with Crippen molar-refractivity contribution in [1.29, 1.82) is 0 Å². The Kier molecular flexibility index (Phi) is 3.19. The standard InChI is InChI=1S/C8H11N3O/c1-3-7(11-12-2)8-4-5-9-6-10-8/h4-6H,3H2,1-2H3. The molecule has 0 fully saturated rings. The molecule has 1 aromatic heterocycles. The summed E-state index contributed by atoms with van der Waals surface area (Å²) < 4.78 is 0. The van der Waals surface area contributed by atoms with Crippen LogP contribution in [0.3, 0.4) is 0 Å². The van der Waals surface area contributed by atoms with Crippen LogP contribution in [0.25, 0.3) is 0 Å². The van der Waals surface area contributed by atoms with Crippen molar-refractivity contribution in [3.8, 4) is 0 Å². The van der Waals surface area contributed by atoms with Gasteiger partial charge in [-0.25, -0.2) is 9.97 Å². The lowest BCUT2D eigenvalue weighted by atomic mass is 10.2. The van der Waals surface area contributed by atoms with Gasteiger partial charge in [-0.2, -0.15) is 0 Å². The normalized spacial score (nSPS) is 11.3. The van der Waals surface area contributed by atoms with Crippen LogP contribution in [0.1, 0.15) is 19.0 Å². The molecule has 64 valence electrons. The molecule has 4 nitrogen and oxygen atoms in total. The Bertz CT molecular complexity index is 258. The summed E-state index contributed by atoms with van der Waals surface area (Å²) >= 11 is 0. The maximum atomic E-state index is 4.68. The van der Waals surface area contributed by atoms with E-state index in [0.717, 1.165) is 17.8 Å². The number of aromatic nitrogens is 2. The topological polar surface area (TPSA) is 47.4 Å². The van der Waals surface area contributed by atoms with Crippen LogP contribution in [0.2, 0.25) is 0 Å². The van der Waals surface area contributed by atoms with Gasteiger partial charge in [-0.1, -0.05) is 12.1 Å². The van der Waals surface area contributed by atoms with Crippen molar-refractivity contribution in [2.45, 2.75) is 13.3 Å². The number of hydrogen-bond donors (Lipinski definition) is 0. The van der Waals surface area contributed by atoms with Crippen molar-refractivity contribution in [2.24, 2.45) is 5.16 Å². The van der Waals surface area contributed by atoms with E-state index >= 15 is 0 Å². The zero-order valence-corrected chi connectivity index (χ0v) is 7.19. The van der Waals surface area contributed by atoms with Gasteiger partial charge >= 0.3 is 0 Å². The first kappa shape index (κ1) is 8.64. The second kappa shape index (κ2) is 4.43. The lowest BCUT2D eigenvalue weighted by Gasteiger charge is -1.99. The quantitative estimate of drug-likeness (QED) is 0.500. The van der Waals surface area contributed by atoms with Crippen LogP contribution in [0.5, 0.6) is 0 Å². The largest absolute Gasteiger partial charge is 0.399 e. The first-order valence-corrected chi connectivity index (χ1v) is 3.75. The Morgan fingerprint density at radius 3 is 3.00 bits per heavy atom. The molecule has 1 rings (SSSR count). The number of nitrogens with zero attached hydrogens (tertiary/aromatic N) is 3. The van der Waals surface area contributed by atoms with Crippen molar-refractivity contribution in [3.05, 3.63) is 24.3 Å². The molecule has 0 N–H and O–H groups in total. The highest BCUT2D eigenvalue weighted by molar-refractivity contribution is 5.98. The minimum absolute atomic E-state index is 0.796. The van der Waals surface area contributed by atoms with Crippen LogP contribution in [-0.4, -0.2) is 22.8 Å². The zero-order chi connectivity index (χ0) is 8.81. The number of oxime groups is 1. The first-order chi connectivity index (χ1) is 5.88. The summed E-state index contributed by atoms with van der Waals surface area (Å²) in [6.45, 7) is 2.00. The van der Waals surface area contributed by atoms with Crippen LogP contribution >= 0.6 is 0 Å². The molecule has 1 aromatic rings. The van der Waals surface area contributed by atoms with Gasteiger partial charge in [0.05, 0.1) is 5.69 Å². The van der Waals surface area contributed by atoms with Gasteiger partial charge in [0.1, 0.15) is 19.1 Å². The van der Waals surface area contributed by atoms with Crippen molar-refractivity contribution in [2.75, 3.05) is 7.11 Å². The van der Waals surface area contributed by atoms with E-state index in [-0.39, 0.29) is 0 Å². The van der Waals surface area contributed by atoms with Gasteiger partial charge in [-0.05, 0) is 12.5 Å². The number of hydrogen-bond acceptors (Lipinski definition) is 4. The highest BCUT2D eigenvalue weighted by atomic mass is 16.6. The fraction of sp³-hybridized carbons (Fsp3) is 0.375. The molecule has 0 unspecified atom stereocenters. The molecule has 0 aromatic carbocycles. The Labute approximate surface area is 71.3 Å². The molecule has 0 saturated heterocycles. The van der Waals surface area contributed by atoms with Gasteiger partial charge in [-0.3, -0.25) is 0 Å². The monoisotopic (exact) mass is 165 g/mol. The van der Waals surface area contributed by atoms with E-state index in [9.17, 15) is 0 Å². The molecule has 0 atom stereocenters. The van der Waals surface area contributed by atoms with Gasteiger partial charge in [0.15, 0.2) is 0 Å². The van der Waals surface area contributed by atoms with Crippen molar-refractivity contribution >= 4 is 5.71 Å². The van der Waals surface area contributed by atoms with Gasteiger partial charge in [0, 0.05) is 6.20 Å². The predicted molar refractivity (Wildman–Crippen MR) is 45.9 cm³/mol. The molecule has 0 radical (unpaired) electrons. The SMILES string of the molecule is CCC(=NOC)c1ccncn1. The van der Waals surface area contributed by atoms with Gasteiger partial charge in [0.25, 0.3) is 0 Å². The van der Waals surface area contributed by atoms with Gasteiger partial charge in [0.2, 0.25) is 0 Å². The fourth-order valence-corrected chi connectivity index (χ4v) is 0.864. The zero-order valence-electron chi connectivity index (χ0n) is 7.19. The molecule has 0 aliphatic rings. The second-order valence-electron chi connectivity index (χ2n) is 2.17. The minimum Gasteiger partial charge on any atom is -0.399 e. The van der Waals surface area contributed by atoms with E-state index in [1.807, 2.05) is 6.92 Å². The van der Waals surface area contributed by atoms with E-state index in [0.29, 0.717) is 0 Å². The maximum Gasteiger partial charge on any atom is 0.116 e. The van der Waals surface area contributed by atoms with Gasteiger partial charge in [-0.15, -0.1) is 0 Å². The molecule has 0 amide bonds. The van der Waals surface area contributed by atoms with Crippen LogP contribution in [0, 0.1) is 0 Å². The van der Waals surface area contributed by atoms with Crippen molar-refractivity contribution in [3.63, 3.8) is 0 Å². The average Bonchev–Trinajstić information content (AvgIpc) is 2.15. The Balaban J connectivity index is 2.88. The summed E-state index contributed by atoms with van der Waals surface area (Å²) in [5.74, 6) is 0. The third-order valence-corrected chi connectivity index (χ3v) is 1.41. The summed E-state index contributed by atoms with van der Waals surface area (Å²) in [7, 11) is 1.52. The fourth-order valence-electron chi connectivity index (χ4n) is 0.864. The summed E-state index contributed by atoms with van der Waals surface area (Å²) in [6, 6.07) is 1.81. The molecular weight excluding hydrogens is 154 g/mol. The lowest BCUT2D eigenvalue weighted by molar-refractivity contribution is 0.213. The third kappa shape index (κ3) is 2.02. The Morgan fingerprint density at radius 2 is 2.50 bits per heavy atom. The number of rotatable bonds is 3. The van der Waals surface area contributed by atoms with Gasteiger partial charge < -0.3 is 4.84 Å². The van der Waals surface area contributed by atoms with E-state index in [1.54, 1.807) is 12.3 Å². The van der Waals surface area contributed by atoms with E-state index < -0.39 is 0 Å². The third-order valence-electron chi connectivity index (χ3n) is 1.41. The van der Waals surface area contributed by atoms with Crippen LogP contribution < -0.4 is 0 Å². The molecule has 0 spiro atoms. The van der Waals surface area contributed by atoms with E-state index in [2.05, 4.69) is 20.0 Å². The highest BCUT2D eigenvalue weighted by Crippen LogP contribution is 1.99. The van der Waals surface area contributed by atoms with E-state index in [1.165, 1.54) is 13.4 Å². The minimum atomic E-state index is 0.796. The molecular formula is C8H11N3O. The second-order valence-corrected chi connectivity index (χ2v) is 2.17. The smallest absolute Gasteiger partial charge is 0.116 e. The van der Waals surface area contributed by atoms with Crippen LogP contribution in [0.15, 0.2) is 23.7 Å². The molecule has 1 heterocycles. The van der Waals surface area contributed by atoms with Crippen LogP contribution in [-0.2, 0) is 4.84 Å². The first-order valence-electron chi connectivity index (χ1n) is 3.75. The molecule has 12 heavy (non-hydrogen) atoms. The maximum absolute atomic E-state index is 4.68. The Morgan fingerprint density at radius 1 is 1.67 bits per heavy atom. The highest BCUT2D eigenvalue weighted by Gasteiger charge is 2.01. The van der Waals surface area contributed by atoms with Crippen molar-refractivity contribution < 1.29 is 4.84 Å². The molecule has 4 heteroatoms. The summed E-state index contributed by atoms with van der Waals surface area (Å²) in [5.41, 5.74) is 1.65. The van der Waals surface area contributed by atoms with Crippen molar-refractivity contribution in [1.82, 2.24) is 9.97 Å². The molecule has 0 saturated carbocycles. The molecule has 0 aliphatic carbocycles. The average molecular weight is 165 g/mol. The van der Waals surface area contributed by atoms with Crippen LogP contribution in [0.4, 0.5) is 0 Å². The Hall–Kier alpha value is -1.45. The summed E-state index contributed by atoms with van der Waals surface area (Å²) in [5, 5.41) is 3.84. The molecule has 0 aliphatic heterocycles. The van der Waals surface area contributed by atoms with E-state index in [4.69, 9.17) is 0 Å². The predicted octanol–water partition coefficient (Wildman–Crippen LogP) is 1.24.